The van der Waals surface area contributed by atoms with E-state index >= 15 is 0 Å². The quantitative estimate of drug-likeness (QED) is 0.593. The minimum absolute atomic E-state index is 0.960. The molecule has 7 heteroatoms. The molecule has 0 radical (unpaired) electrons. The first-order chi connectivity index (χ1) is 4.13. The van der Waals surface area contributed by atoms with Crippen LogP contribution in [0, 0.1) is 0 Å². The first kappa shape index (κ1) is 8.33. The summed E-state index contributed by atoms with van der Waals surface area (Å²) in [5.41, 5.74) is 9.04. The summed E-state index contributed by atoms with van der Waals surface area (Å²) >= 11 is -1.56. The predicted octanol–water partition coefficient (Wildman–Crippen LogP) is -1.29. The molecule has 4 N–H and O–H groups in total. The minimum atomic E-state index is -1.56. The summed E-state index contributed by atoms with van der Waals surface area (Å²) < 4.78 is 8.20. The van der Waals surface area contributed by atoms with Gasteiger partial charge >= 0.3 is 61.2 Å². The van der Waals surface area contributed by atoms with Gasteiger partial charge in [-0.25, -0.2) is 0 Å². The van der Waals surface area contributed by atoms with Crippen molar-refractivity contribution in [2.24, 2.45) is 11.5 Å². The van der Waals surface area contributed by atoms with E-state index in [0.717, 1.165) is 0 Å². The van der Waals surface area contributed by atoms with Crippen molar-refractivity contribution in [1.29, 1.82) is 0 Å². The number of nitrogens with two attached hydrogens (primary N) is 2. The molecule has 0 aliphatic heterocycles. The van der Waals surface area contributed by atoms with E-state index in [1.165, 1.54) is 0 Å². The molecule has 0 unspecified atom stereocenters. The average Bonchev–Trinajstić information content (AvgIpc) is 1.63. The zero-order valence-electron chi connectivity index (χ0n) is 4.20. The summed E-state index contributed by atoms with van der Waals surface area (Å²) in [6, 6.07) is 0. The Hall–Kier alpha value is -0.670. The van der Waals surface area contributed by atoms with Crippen LogP contribution in [0.5, 0.6) is 0 Å². The van der Waals surface area contributed by atoms with E-state index in [4.69, 9.17) is 0 Å². The molecule has 9 heavy (non-hydrogen) atoms. The molecule has 52 valence electrons. The Kier molecular flexibility index (Phi) is 3.92. The number of hydrogen-bond acceptors (Lipinski definition) is 4. The standard InChI is InChI=1S/C2H4N2O4Te/c3-1(5)7-9-8-2(4)6/h(H2,3,5)(H2,4,6). The van der Waals surface area contributed by atoms with Gasteiger partial charge < -0.3 is 0 Å². The molecular formula is C2H4N2O4Te. The van der Waals surface area contributed by atoms with Gasteiger partial charge in [0.05, 0.1) is 0 Å². The zero-order chi connectivity index (χ0) is 7.28. The van der Waals surface area contributed by atoms with E-state index in [9.17, 15) is 9.59 Å². The predicted molar refractivity (Wildman–Crippen MR) is 27.1 cm³/mol. The van der Waals surface area contributed by atoms with Crippen molar-refractivity contribution in [3.8, 4) is 0 Å². The van der Waals surface area contributed by atoms with Crippen molar-refractivity contribution in [1.82, 2.24) is 0 Å². The average molecular weight is 248 g/mol. The number of hydrogen-bond donors (Lipinski definition) is 2. The van der Waals surface area contributed by atoms with E-state index in [2.05, 4.69) is 17.7 Å². The van der Waals surface area contributed by atoms with Gasteiger partial charge in [-0.05, 0) is 0 Å². The molecule has 6 nitrogen and oxygen atoms in total. The fourth-order valence-electron chi connectivity index (χ4n) is 0.0841. The molecule has 0 fully saturated rings. The monoisotopic (exact) mass is 250 g/mol. The van der Waals surface area contributed by atoms with Crippen LogP contribution in [0.1, 0.15) is 0 Å². The third-order valence-corrected chi connectivity index (χ3v) is 1.56. The molecule has 0 bridgehead atoms. The van der Waals surface area contributed by atoms with Crippen LogP contribution in [-0.4, -0.2) is 33.9 Å². The fourth-order valence-corrected chi connectivity index (χ4v) is 0.564. The molecule has 2 amide bonds. The van der Waals surface area contributed by atoms with Crippen LogP contribution in [0.4, 0.5) is 9.59 Å². The van der Waals surface area contributed by atoms with Crippen LogP contribution in [0.15, 0.2) is 0 Å². The SMILES string of the molecule is NC(=O)O[Te]OC(N)=O. The summed E-state index contributed by atoms with van der Waals surface area (Å²) in [5.74, 6) is 0. The van der Waals surface area contributed by atoms with Crippen molar-refractivity contribution < 1.29 is 15.8 Å². The fraction of sp³-hybridized carbons (Fsp3) is 0. The molecule has 0 spiro atoms. The third kappa shape index (κ3) is 7.33. The van der Waals surface area contributed by atoms with E-state index in [-0.39, 0.29) is 0 Å². The van der Waals surface area contributed by atoms with Gasteiger partial charge in [0.1, 0.15) is 0 Å². The summed E-state index contributed by atoms with van der Waals surface area (Å²) in [6.45, 7) is 0. The summed E-state index contributed by atoms with van der Waals surface area (Å²) in [7, 11) is 0. The summed E-state index contributed by atoms with van der Waals surface area (Å²) in [4.78, 5) is 19.6. The van der Waals surface area contributed by atoms with Crippen LogP contribution in [-0.2, 0) is 6.20 Å². The van der Waals surface area contributed by atoms with E-state index < -0.39 is 33.9 Å². The van der Waals surface area contributed by atoms with E-state index in [0.29, 0.717) is 0 Å². The van der Waals surface area contributed by atoms with Crippen molar-refractivity contribution in [2.75, 3.05) is 0 Å². The maximum atomic E-state index is 9.78. The van der Waals surface area contributed by atoms with Gasteiger partial charge in [0.15, 0.2) is 0 Å². The summed E-state index contributed by atoms with van der Waals surface area (Å²) in [6.07, 6.45) is -1.92. The van der Waals surface area contributed by atoms with Gasteiger partial charge in [-0.2, -0.15) is 0 Å². The Bertz CT molecular complexity index is 112. The first-order valence-electron chi connectivity index (χ1n) is 1.73. The molecular weight excluding hydrogens is 244 g/mol. The van der Waals surface area contributed by atoms with Crippen molar-refractivity contribution in [2.45, 2.75) is 0 Å². The molecule has 0 aromatic rings. The van der Waals surface area contributed by atoms with Gasteiger partial charge in [0, 0.05) is 0 Å². The molecule has 0 atom stereocenters. The Labute approximate surface area is 61.6 Å². The van der Waals surface area contributed by atoms with Crippen molar-refractivity contribution in [3.63, 3.8) is 0 Å². The van der Waals surface area contributed by atoms with Crippen molar-refractivity contribution >= 4 is 33.9 Å². The normalized spacial score (nSPS) is 8.00. The topological polar surface area (TPSA) is 105 Å². The van der Waals surface area contributed by atoms with Crippen LogP contribution in [0.3, 0.4) is 0 Å². The molecule has 0 rings (SSSR count). The van der Waals surface area contributed by atoms with Crippen LogP contribution in [0.25, 0.3) is 0 Å². The number of rotatable bonds is 2. The van der Waals surface area contributed by atoms with Gasteiger partial charge in [-0.3, -0.25) is 0 Å². The van der Waals surface area contributed by atoms with Gasteiger partial charge in [0.2, 0.25) is 0 Å². The molecule has 0 aromatic heterocycles. The molecule has 0 saturated carbocycles. The van der Waals surface area contributed by atoms with Crippen LogP contribution in [0.2, 0.25) is 0 Å². The second kappa shape index (κ2) is 4.23. The number of primary amides is 2. The van der Waals surface area contributed by atoms with Crippen LogP contribution < -0.4 is 11.5 Å². The summed E-state index contributed by atoms with van der Waals surface area (Å²) in [5, 5.41) is 0. The number of amides is 2. The zero-order valence-corrected chi connectivity index (χ0v) is 6.53. The van der Waals surface area contributed by atoms with E-state index in [1.54, 1.807) is 0 Å². The Morgan fingerprint density at radius 2 is 1.44 bits per heavy atom. The third-order valence-electron chi connectivity index (χ3n) is 0.232. The molecule has 0 aromatic carbocycles. The Balaban J connectivity index is 3.10. The maximum absolute atomic E-state index is 9.78. The van der Waals surface area contributed by atoms with Gasteiger partial charge in [-0.15, -0.1) is 0 Å². The van der Waals surface area contributed by atoms with Crippen LogP contribution >= 0.6 is 0 Å². The Morgan fingerprint density at radius 1 is 1.11 bits per heavy atom. The van der Waals surface area contributed by atoms with E-state index in [1.807, 2.05) is 0 Å². The molecule has 0 heterocycles. The van der Waals surface area contributed by atoms with Gasteiger partial charge in [-0.1, -0.05) is 0 Å². The second-order valence-corrected chi connectivity index (χ2v) is 2.21. The molecule has 0 aliphatic carbocycles. The van der Waals surface area contributed by atoms with Gasteiger partial charge in [0.25, 0.3) is 0 Å². The molecule has 0 saturated heterocycles. The van der Waals surface area contributed by atoms with Crippen molar-refractivity contribution in [3.05, 3.63) is 0 Å². The number of carbonyl (C=O) groups is 2. The molecule has 0 aliphatic rings. The Morgan fingerprint density at radius 3 is 1.67 bits per heavy atom. The second-order valence-electron chi connectivity index (χ2n) is 0.873. The number of carbonyl (C=O) groups excluding carboxylic acids is 2. The first-order valence-corrected chi connectivity index (χ1v) is 3.63.